The monoisotopic (exact) mass is 288 g/mol. The molecule has 2 fully saturated rings. The third-order valence-electron chi connectivity index (χ3n) is 4.80. The average molecular weight is 288 g/mol. The summed E-state index contributed by atoms with van der Waals surface area (Å²) in [6, 6.07) is 0.111. The maximum atomic E-state index is 12.6. The van der Waals surface area contributed by atoms with Gasteiger partial charge in [0.1, 0.15) is 0 Å². The van der Waals surface area contributed by atoms with Crippen LogP contribution in [0.3, 0.4) is 0 Å². The summed E-state index contributed by atoms with van der Waals surface area (Å²) in [6.07, 6.45) is 7.82. The van der Waals surface area contributed by atoms with Gasteiger partial charge in [0, 0.05) is 31.4 Å². The number of piperidine rings is 1. The van der Waals surface area contributed by atoms with E-state index < -0.39 is 0 Å². The van der Waals surface area contributed by atoms with E-state index in [9.17, 15) is 4.79 Å². The summed E-state index contributed by atoms with van der Waals surface area (Å²) in [5.41, 5.74) is 2.05. The molecule has 0 bridgehead atoms. The van der Waals surface area contributed by atoms with Crippen LogP contribution in [0.1, 0.15) is 43.0 Å². The quantitative estimate of drug-likeness (QED) is 0.829. The number of carbonyl (C=O) groups is 1. The number of aromatic nitrogens is 2. The number of aryl methyl sites for hydroxylation is 1. The van der Waals surface area contributed by atoms with E-state index in [1.165, 1.54) is 0 Å². The fourth-order valence-corrected chi connectivity index (χ4v) is 3.51. The Balaban J connectivity index is 1.59. The first kappa shape index (κ1) is 14.4. The third kappa shape index (κ3) is 3.07. The first-order chi connectivity index (χ1) is 10.1. The molecule has 114 valence electrons. The van der Waals surface area contributed by atoms with Crippen LogP contribution in [0.4, 0.5) is 0 Å². The molecule has 1 amide bonds. The third-order valence-corrected chi connectivity index (χ3v) is 4.80. The standard InChI is InChI=1S/C16H24N4O/c1-12-10-17-11-14(18-12)13-5-8-20(9-6-13)16(21)15-4-3-7-19(15)2/h10-11,13,15H,3-9H2,1-2H3. The lowest BCUT2D eigenvalue weighted by molar-refractivity contribution is -0.136. The number of hydrogen-bond donors (Lipinski definition) is 0. The van der Waals surface area contributed by atoms with Gasteiger partial charge in [0.05, 0.1) is 17.4 Å². The maximum absolute atomic E-state index is 12.6. The van der Waals surface area contributed by atoms with Gasteiger partial charge < -0.3 is 4.90 Å². The number of likely N-dealkylation sites (N-methyl/N-ethyl adjacent to an activating group) is 1. The van der Waals surface area contributed by atoms with Crippen molar-refractivity contribution in [3.63, 3.8) is 0 Å². The minimum absolute atomic E-state index is 0.111. The van der Waals surface area contributed by atoms with Crippen molar-refractivity contribution in [3.8, 4) is 0 Å². The summed E-state index contributed by atoms with van der Waals surface area (Å²) < 4.78 is 0. The summed E-state index contributed by atoms with van der Waals surface area (Å²) >= 11 is 0. The molecular formula is C16H24N4O. The minimum Gasteiger partial charge on any atom is -0.341 e. The second-order valence-electron chi connectivity index (χ2n) is 6.32. The van der Waals surface area contributed by atoms with Gasteiger partial charge in [-0.05, 0) is 46.2 Å². The van der Waals surface area contributed by atoms with Gasteiger partial charge in [-0.25, -0.2) is 0 Å². The van der Waals surface area contributed by atoms with Crippen LogP contribution in [0.15, 0.2) is 12.4 Å². The highest BCUT2D eigenvalue weighted by Gasteiger charge is 2.33. The Morgan fingerprint density at radius 1 is 1.19 bits per heavy atom. The Morgan fingerprint density at radius 2 is 1.95 bits per heavy atom. The van der Waals surface area contributed by atoms with Gasteiger partial charge in [0.25, 0.3) is 0 Å². The summed E-state index contributed by atoms with van der Waals surface area (Å²) in [5.74, 6) is 0.770. The topological polar surface area (TPSA) is 49.3 Å². The van der Waals surface area contributed by atoms with E-state index in [2.05, 4.69) is 21.9 Å². The van der Waals surface area contributed by atoms with Crippen LogP contribution >= 0.6 is 0 Å². The van der Waals surface area contributed by atoms with Gasteiger partial charge in [-0.1, -0.05) is 0 Å². The van der Waals surface area contributed by atoms with Gasteiger partial charge in [-0.2, -0.15) is 0 Å². The van der Waals surface area contributed by atoms with E-state index in [4.69, 9.17) is 0 Å². The van der Waals surface area contributed by atoms with E-state index in [-0.39, 0.29) is 6.04 Å². The zero-order chi connectivity index (χ0) is 14.8. The Hall–Kier alpha value is -1.49. The number of amides is 1. The predicted octanol–water partition coefficient (Wildman–Crippen LogP) is 1.59. The molecule has 0 N–H and O–H groups in total. The van der Waals surface area contributed by atoms with Crippen LogP contribution < -0.4 is 0 Å². The van der Waals surface area contributed by atoms with Gasteiger partial charge in [0.15, 0.2) is 0 Å². The molecule has 0 aromatic carbocycles. The molecule has 1 aromatic heterocycles. The van der Waals surface area contributed by atoms with Crippen molar-refractivity contribution < 1.29 is 4.79 Å². The summed E-state index contributed by atoms with van der Waals surface area (Å²) in [6.45, 7) is 4.73. The molecule has 2 aliphatic rings. The first-order valence-electron chi connectivity index (χ1n) is 7.92. The summed E-state index contributed by atoms with van der Waals surface area (Å²) in [4.78, 5) is 25.6. The normalized spacial score (nSPS) is 24.5. The molecule has 2 saturated heterocycles. The van der Waals surface area contributed by atoms with Crippen LogP contribution in [-0.4, -0.2) is 58.4 Å². The molecule has 2 aliphatic heterocycles. The molecule has 3 heterocycles. The molecule has 5 heteroatoms. The molecule has 1 unspecified atom stereocenters. The number of carbonyl (C=O) groups excluding carboxylic acids is 1. The highest BCUT2D eigenvalue weighted by molar-refractivity contribution is 5.82. The van der Waals surface area contributed by atoms with Gasteiger partial charge in [-0.3, -0.25) is 19.7 Å². The highest BCUT2D eigenvalue weighted by Crippen LogP contribution is 2.28. The largest absolute Gasteiger partial charge is 0.341 e. The molecule has 0 aliphatic carbocycles. The van der Waals surface area contributed by atoms with Gasteiger partial charge in [0.2, 0.25) is 5.91 Å². The van der Waals surface area contributed by atoms with Crippen molar-refractivity contribution in [1.29, 1.82) is 0 Å². The van der Waals surface area contributed by atoms with E-state index in [1.807, 2.05) is 18.0 Å². The molecule has 1 atom stereocenters. The van der Waals surface area contributed by atoms with Crippen molar-refractivity contribution >= 4 is 5.91 Å². The lowest BCUT2D eigenvalue weighted by atomic mass is 9.93. The van der Waals surface area contributed by atoms with Crippen molar-refractivity contribution in [2.24, 2.45) is 0 Å². The Kier molecular flexibility index (Phi) is 4.19. The lowest BCUT2D eigenvalue weighted by Gasteiger charge is -2.34. The second-order valence-corrected chi connectivity index (χ2v) is 6.32. The number of likely N-dealkylation sites (tertiary alicyclic amines) is 2. The zero-order valence-electron chi connectivity index (χ0n) is 13.0. The Labute approximate surface area is 126 Å². The first-order valence-corrected chi connectivity index (χ1v) is 7.92. The zero-order valence-corrected chi connectivity index (χ0v) is 13.0. The smallest absolute Gasteiger partial charge is 0.239 e. The van der Waals surface area contributed by atoms with Crippen LogP contribution in [0.25, 0.3) is 0 Å². The molecule has 0 spiro atoms. The molecule has 5 nitrogen and oxygen atoms in total. The molecule has 3 rings (SSSR count). The Morgan fingerprint density at radius 3 is 2.57 bits per heavy atom. The van der Waals surface area contributed by atoms with Crippen molar-refractivity contribution in [1.82, 2.24) is 19.8 Å². The molecule has 1 aromatic rings. The number of hydrogen-bond acceptors (Lipinski definition) is 4. The van der Waals surface area contributed by atoms with Gasteiger partial charge >= 0.3 is 0 Å². The number of nitrogens with zero attached hydrogens (tertiary/aromatic N) is 4. The van der Waals surface area contributed by atoms with Crippen molar-refractivity contribution in [2.75, 3.05) is 26.7 Å². The Bertz CT molecular complexity index is 511. The van der Waals surface area contributed by atoms with E-state index in [1.54, 1.807) is 6.20 Å². The maximum Gasteiger partial charge on any atom is 0.239 e. The molecular weight excluding hydrogens is 264 g/mol. The van der Waals surface area contributed by atoms with E-state index in [0.717, 1.165) is 56.7 Å². The number of rotatable bonds is 2. The van der Waals surface area contributed by atoms with E-state index >= 15 is 0 Å². The summed E-state index contributed by atoms with van der Waals surface area (Å²) in [5, 5.41) is 0. The van der Waals surface area contributed by atoms with Crippen LogP contribution in [-0.2, 0) is 4.79 Å². The van der Waals surface area contributed by atoms with Crippen LogP contribution in [0.2, 0.25) is 0 Å². The second kappa shape index (κ2) is 6.10. The summed E-state index contributed by atoms with van der Waals surface area (Å²) in [7, 11) is 2.06. The van der Waals surface area contributed by atoms with Gasteiger partial charge in [-0.15, -0.1) is 0 Å². The highest BCUT2D eigenvalue weighted by atomic mass is 16.2. The van der Waals surface area contributed by atoms with Crippen LogP contribution in [0.5, 0.6) is 0 Å². The average Bonchev–Trinajstić information content (AvgIpc) is 2.93. The lowest BCUT2D eigenvalue weighted by Crippen LogP contribution is -2.47. The minimum atomic E-state index is 0.111. The fraction of sp³-hybridized carbons (Fsp3) is 0.688. The van der Waals surface area contributed by atoms with Crippen molar-refractivity contribution in [2.45, 2.75) is 44.6 Å². The van der Waals surface area contributed by atoms with Crippen LogP contribution in [0, 0.1) is 6.92 Å². The fourth-order valence-electron chi connectivity index (χ4n) is 3.51. The predicted molar refractivity (Wildman–Crippen MR) is 81.0 cm³/mol. The molecule has 0 saturated carbocycles. The molecule has 0 radical (unpaired) electrons. The van der Waals surface area contributed by atoms with E-state index in [0.29, 0.717) is 11.8 Å². The SMILES string of the molecule is Cc1cncc(C2CCN(C(=O)C3CCCN3C)CC2)n1. The van der Waals surface area contributed by atoms with Crippen molar-refractivity contribution in [3.05, 3.63) is 23.8 Å². The molecule has 21 heavy (non-hydrogen) atoms.